The Morgan fingerprint density at radius 3 is 2.82 bits per heavy atom. The first-order chi connectivity index (χ1) is 8.16. The summed E-state index contributed by atoms with van der Waals surface area (Å²) in [6.45, 7) is 0.460. The highest BCUT2D eigenvalue weighted by atomic mass is 16.1. The first-order valence-electron chi connectivity index (χ1n) is 5.24. The van der Waals surface area contributed by atoms with Gasteiger partial charge in [0.25, 0.3) is 5.91 Å². The fraction of sp³-hybridized carbons (Fsp3) is 0.167. The van der Waals surface area contributed by atoms with Crippen molar-refractivity contribution in [2.45, 2.75) is 6.54 Å². The Kier molecular flexibility index (Phi) is 3.09. The topological polar surface area (TPSA) is 66.9 Å². The maximum absolute atomic E-state index is 11.7. The first-order valence-corrected chi connectivity index (χ1v) is 5.24. The van der Waals surface area contributed by atoms with Crippen molar-refractivity contribution in [3.8, 4) is 0 Å². The van der Waals surface area contributed by atoms with Gasteiger partial charge < -0.3 is 14.9 Å². The summed E-state index contributed by atoms with van der Waals surface area (Å²) in [6, 6.07) is 6.69. The summed E-state index contributed by atoms with van der Waals surface area (Å²) in [6.07, 6.45) is 3.32. The minimum absolute atomic E-state index is 0.206. The predicted molar refractivity (Wildman–Crippen MR) is 63.6 cm³/mol. The first kappa shape index (κ1) is 11.2. The lowest BCUT2D eigenvalue weighted by atomic mass is 10.2. The van der Waals surface area contributed by atoms with Gasteiger partial charge in [-0.25, -0.2) is 0 Å². The number of carbonyl (C=O) groups is 1. The molecule has 0 bridgehead atoms. The molecule has 5 nitrogen and oxygen atoms in total. The molecule has 0 aliphatic heterocycles. The molecule has 0 aliphatic carbocycles. The number of hydrogen-bond acceptors (Lipinski definition) is 2. The molecular formula is C12H13N3O2. The number of aryl methyl sites for hydroxylation is 1. The molecule has 1 amide bonds. The lowest BCUT2D eigenvalue weighted by Gasteiger charge is -2.06. The van der Waals surface area contributed by atoms with Gasteiger partial charge in [0.2, 0.25) is 5.56 Å². The molecule has 0 fully saturated rings. The van der Waals surface area contributed by atoms with Crippen molar-refractivity contribution in [2.24, 2.45) is 7.05 Å². The van der Waals surface area contributed by atoms with Crippen LogP contribution in [0.1, 0.15) is 16.1 Å². The second-order valence-corrected chi connectivity index (χ2v) is 3.73. The zero-order valence-electron chi connectivity index (χ0n) is 9.43. The SMILES string of the molecule is Cn1cccc1CNC(=O)c1ccc(=O)[nH]c1. The fourth-order valence-corrected chi connectivity index (χ4v) is 1.50. The van der Waals surface area contributed by atoms with E-state index in [2.05, 4.69) is 10.3 Å². The van der Waals surface area contributed by atoms with Crippen LogP contribution in [-0.4, -0.2) is 15.5 Å². The molecule has 2 aromatic heterocycles. The molecular weight excluding hydrogens is 218 g/mol. The minimum Gasteiger partial charge on any atom is -0.353 e. The lowest BCUT2D eigenvalue weighted by molar-refractivity contribution is 0.0950. The Hall–Kier alpha value is -2.30. The van der Waals surface area contributed by atoms with Crippen molar-refractivity contribution in [1.82, 2.24) is 14.9 Å². The number of H-pyrrole nitrogens is 1. The number of aromatic amines is 1. The normalized spacial score (nSPS) is 10.2. The number of nitrogens with one attached hydrogen (secondary N) is 2. The summed E-state index contributed by atoms with van der Waals surface area (Å²) in [5.74, 6) is -0.206. The minimum atomic E-state index is -0.219. The molecule has 2 N–H and O–H groups in total. The van der Waals surface area contributed by atoms with Crippen LogP contribution in [0.4, 0.5) is 0 Å². The van der Waals surface area contributed by atoms with E-state index in [0.29, 0.717) is 12.1 Å². The average Bonchev–Trinajstić information content (AvgIpc) is 2.73. The summed E-state index contributed by atoms with van der Waals surface area (Å²) in [7, 11) is 1.92. The van der Waals surface area contributed by atoms with E-state index in [1.54, 1.807) is 0 Å². The molecule has 88 valence electrons. The zero-order valence-corrected chi connectivity index (χ0v) is 9.43. The van der Waals surface area contributed by atoms with Gasteiger partial charge in [-0.2, -0.15) is 0 Å². The van der Waals surface area contributed by atoms with Crippen LogP contribution >= 0.6 is 0 Å². The Balaban J connectivity index is 2.00. The van der Waals surface area contributed by atoms with E-state index < -0.39 is 0 Å². The van der Waals surface area contributed by atoms with Gasteiger partial charge in [-0.05, 0) is 18.2 Å². The van der Waals surface area contributed by atoms with Gasteiger partial charge in [-0.1, -0.05) is 0 Å². The van der Waals surface area contributed by atoms with Crippen LogP contribution in [0.5, 0.6) is 0 Å². The van der Waals surface area contributed by atoms with E-state index in [1.807, 2.05) is 29.9 Å². The molecule has 0 saturated carbocycles. The fourth-order valence-electron chi connectivity index (χ4n) is 1.50. The molecule has 0 radical (unpaired) electrons. The second-order valence-electron chi connectivity index (χ2n) is 3.73. The highest BCUT2D eigenvalue weighted by molar-refractivity contribution is 5.93. The van der Waals surface area contributed by atoms with E-state index in [9.17, 15) is 9.59 Å². The number of pyridine rings is 1. The summed E-state index contributed by atoms with van der Waals surface area (Å²) in [5.41, 5.74) is 1.24. The number of nitrogens with zero attached hydrogens (tertiary/aromatic N) is 1. The van der Waals surface area contributed by atoms with E-state index in [4.69, 9.17) is 0 Å². The molecule has 0 aliphatic rings. The van der Waals surface area contributed by atoms with Crippen LogP contribution in [0.3, 0.4) is 0 Å². The molecule has 0 spiro atoms. The second kappa shape index (κ2) is 4.69. The predicted octanol–water partition coefficient (Wildman–Crippen LogP) is 0.643. The van der Waals surface area contributed by atoms with Gasteiger partial charge in [0.1, 0.15) is 0 Å². The van der Waals surface area contributed by atoms with Crippen LogP contribution in [0.15, 0.2) is 41.5 Å². The van der Waals surface area contributed by atoms with Crippen LogP contribution in [-0.2, 0) is 13.6 Å². The van der Waals surface area contributed by atoms with Gasteiger partial charge in [0.05, 0.1) is 12.1 Å². The van der Waals surface area contributed by atoms with Crippen molar-refractivity contribution in [3.05, 3.63) is 58.3 Å². The van der Waals surface area contributed by atoms with E-state index in [0.717, 1.165) is 5.69 Å². The third-order valence-corrected chi connectivity index (χ3v) is 2.53. The van der Waals surface area contributed by atoms with Gasteiger partial charge >= 0.3 is 0 Å². The maximum Gasteiger partial charge on any atom is 0.253 e. The molecule has 0 atom stereocenters. The van der Waals surface area contributed by atoms with Crippen LogP contribution < -0.4 is 10.9 Å². The summed E-state index contributed by atoms with van der Waals surface area (Å²) < 4.78 is 1.94. The quantitative estimate of drug-likeness (QED) is 0.814. The number of carbonyl (C=O) groups excluding carboxylic acids is 1. The zero-order chi connectivity index (χ0) is 12.3. The van der Waals surface area contributed by atoms with Crippen molar-refractivity contribution in [1.29, 1.82) is 0 Å². The van der Waals surface area contributed by atoms with Crippen LogP contribution in [0.2, 0.25) is 0 Å². The number of hydrogen-bond donors (Lipinski definition) is 2. The Bertz CT molecular complexity index is 563. The van der Waals surface area contributed by atoms with Crippen molar-refractivity contribution >= 4 is 5.91 Å². The van der Waals surface area contributed by atoms with Gasteiger partial charge in [-0.15, -0.1) is 0 Å². The largest absolute Gasteiger partial charge is 0.353 e. The van der Waals surface area contributed by atoms with E-state index in [-0.39, 0.29) is 11.5 Å². The van der Waals surface area contributed by atoms with Gasteiger partial charge in [0.15, 0.2) is 0 Å². The van der Waals surface area contributed by atoms with Crippen LogP contribution in [0.25, 0.3) is 0 Å². The molecule has 0 aromatic carbocycles. The van der Waals surface area contributed by atoms with Gasteiger partial charge in [0, 0.05) is 31.2 Å². The molecule has 2 rings (SSSR count). The summed E-state index contributed by atoms with van der Waals surface area (Å²) in [4.78, 5) is 25.0. The maximum atomic E-state index is 11.7. The van der Waals surface area contributed by atoms with E-state index >= 15 is 0 Å². The number of aromatic nitrogens is 2. The number of rotatable bonds is 3. The standard InChI is InChI=1S/C12H13N3O2/c1-15-6-2-3-10(15)8-14-12(17)9-4-5-11(16)13-7-9/h2-7H,8H2,1H3,(H,13,16)(H,14,17). The summed E-state index contributed by atoms with van der Waals surface area (Å²) in [5, 5.41) is 2.78. The van der Waals surface area contributed by atoms with Crippen molar-refractivity contribution in [2.75, 3.05) is 0 Å². The third kappa shape index (κ3) is 2.63. The Morgan fingerprint density at radius 1 is 1.41 bits per heavy atom. The average molecular weight is 231 g/mol. The van der Waals surface area contributed by atoms with Crippen molar-refractivity contribution in [3.63, 3.8) is 0 Å². The summed E-state index contributed by atoms with van der Waals surface area (Å²) >= 11 is 0. The van der Waals surface area contributed by atoms with Crippen LogP contribution in [0, 0.1) is 0 Å². The molecule has 5 heteroatoms. The highest BCUT2D eigenvalue weighted by Crippen LogP contribution is 2.00. The molecule has 2 aromatic rings. The molecule has 0 unspecified atom stereocenters. The van der Waals surface area contributed by atoms with Crippen molar-refractivity contribution < 1.29 is 4.79 Å². The molecule has 0 saturated heterocycles. The lowest BCUT2D eigenvalue weighted by Crippen LogP contribution is -2.24. The smallest absolute Gasteiger partial charge is 0.253 e. The van der Waals surface area contributed by atoms with Gasteiger partial charge in [-0.3, -0.25) is 9.59 Å². The monoisotopic (exact) mass is 231 g/mol. The third-order valence-electron chi connectivity index (χ3n) is 2.53. The Labute approximate surface area is 98.1 Å². The number of amides is 1. The highest BCUT2D eigenvalue weighted by Gasteiger charge is 2.05. The van der Waals surface area contributed by atoms with E-state index in [1.165, 1.54) is 18.3 Å². The Morgan fingerprint density at radius 2 is 2.24 bits per heavy atom. The molecule has 17 heavy (non-hydrogen) atoms. The molecule has 2 heterocycles.